The summed E-state index contributed by atoms with van der Waals surface area (Å²) in [6.07, 6.45) is 3.81. The molecule has 0 saturated carbocycles. The number of H-pyrrole nitrogens is 1. The van der Waals surface area contributed by atoms with E-state index in [0.29, 0.717) is 5.92 Å². The van der Waals surface area contributed by atoms with Crippen LogP contribution in [0.4, 0.5) is 5.82 Å². The van der Waals surface area contributed by atoms with Crippen LogP contribution < -0.4 is 4.90 Å². The highest BCUT2D eigenvalue weighted by molar-refractivity contribution is 5.91. The number of aromatic nitrogens is 3. The van der Waals surface area contributed by atoms with E-state index >= 15 is 0 Å². The van der Waals surface area contributed by atoms with Crippen LogP contribution in [-0.2, 0) is 4.74 Å². The maximum atomic E-state index is 9.47. The molecule has 0 radical (unpaired) electrons. The van der Waals surface area contributed by atoms with Crippen molar-refractivity contribution >= 4 is 16.9 Å². The average molecular weight is 338 g/mol. The lowest BCUT2D eigenvalue weighted by Crippen LogP contribution is -2.30. The maximum absolute atomic E-state index is 9.47. The monoisotopic (exact) mass is 338 g/mol. The molecule has 2 aromatic heterocycles. The molecule has 0 spiro atoms. The minimum atomic E-state index is 0.261. The van der Waals surface area contributed by atoms with E-state index in [1.165, 1.54) is 0 Å². The molecule has 1 aromatic carbocycles. The first-order valence-electron chi connectivity index (χ1n) is 8.63. The molecule has 0 aliphatic carbocycles. The topological polar surface area (TPSA) is 74.3 Å². The smallest absolute Gasteiger partial charge is 0.143 e. The molecule has 6 heteroatoms. The van der Waals surface area contributed by atoms with Gasteiger partial charge in [0.2, 0.25) is 0 Å². The van der Waals surface area contributed by atoms with Crippen molar-refractivity contribution in [2.75, 3.05) is 31.7 Å². The van der Waals surface area contributed by atoms with E-state index in [1.54, 1.807) is 18.5 Å². The number of nitrogens with zero attached hydrogens (tertiary/aromatic N) is 3. The highest BCUT2D eigenvalue weighted by Crippen LogP contribution is 2.30. The number of phenolic OH excluding ortho intramolecular Hbond substituents is 1. The van der Waals surface area contributed by atoms with Crippen molar-refractivity contribution in [3.8, 4) is 17.0 Å². The molecule has 1 fully saturated rings. The second-order valence-electron chi connectivity index (χ2n) is 6.63. The maximum Gasteiger partial charge on any atom is 0.143 e. The molecule has 0 bridgehead atoms. The lowest BCUT2D eigenvalue weighted by Gasteiger charge is -2.27. The molecule has 1 saturated heterocycles. The second-order valence-corrected chi connectivity index (χ2v) is 6.63. The van der Waals surface area contributed by atoms with Gasteiger partial charge in [0.05, 0.1) is 5.39 Å². The zero-order valence-electron chi connectivity index (χ0n) is 14.3. The van der Waals surface area contributed by atoms with Crippen molar-refractivity contribution < 1.29 is 9.84 Å². The second kappa shape index (κ2) is 6.72. The Kier molecular flexibility index (Phi) is 4.28. The first-order chi connectivity index (χ1) is 12.2. The molecular weight excluding hydrogens is 316 g/mol. The molecule has 0 amide bonds. The van der Waals surface area contributed by atoms with E-state index in [9.17, 15) is 5.11 Å². The summed E-state index contributed by atoms with van der Waals surface area (Å²) in [7, 11) is 2.09. The standard InChI is InChI=1S/C19H22N4O2/c1-23(11-13-6-8-25-9-7-13)19-16-10-17(22-18(16)20-12-21-19)14-2-4-15(24)5-3-14/h2-5,10,12-13,24H,6-9,11H2,1H3,(H,20,21,22). The quantitative estimate of drug-likeness (QED) is 0.764. The summed E-state index contributed by atoms with van der Waals surface area (Å²) in [4.78, 5) is 14.5. The first kappa shape index (κ1) is 15.9. The Hall–Kier alpha value is -2.60. The third-order valence-corrected chi connectivity index (χ3v) is 4.82. The van der Waals surface area contributed by atoms with E-state index in [2.05, 4.69) is 33.0 Å². The Labute approximate surface area is 146 Å². The van der Waals surface area contributed by atoms with Gasteiger partial charge in [-0.3, -0.25) is 0 Å². The summed E-state index contributed by atoms with van der Waals surface area (Å²) in [5.41, 5.74) is 2.80. The van der Waals surface area contributed by atoms with Crippen molar-refractivity contribution in [2.45, 2.75) is 12.8 Å². The largest absolute Gasteiger partial charge is 0.508 e. The SMILES string of the molecule is CN(CC1CCOCC1)c1ncnc2[nH]c(-c3ccc(O)cc3)cc12. The number of aromatic amines is 1. The van der Waals surface area contributed by atoms with E-state index in [1.807, 2.05) is 12.1 Å². The number of benzene rings is 1. The van der Waals surface area contributed by atoms with Gasteiger partial charge in [-0.2, -0.15) is 0 Å². The predicted molar refractivity (Wildman–Crippen MR) is 97.8 cm³/mol. The zero-order chi connectivity index (χ0) is 17.2. The molecule has 6 nitrogen and oxygen atoms in total. The number of fused-ring (bicyclic) bond motifs is 1. The van der Waals surface area contributed by atoms with Gasteiger partial charge >= 0.3 is 0 Å². The molecule has 2 N–H and O–H groups in total. The Morgan fingerprint density at radius 1 is 1.20 bits per heavy atom. The van der Waals surface area contributed by atoms with Crippen LogP contribution in [0, 0.1) is 5.92 Å². The molecule has 1 aliphatic heterocycles. The molecule has 0 unspecified atom stereocenters. The number of aromatic hydroxyl groups is 1. The number of hydrogen-bond donors (Lipinski definition) is 2. The Morgan fingerprint density at radius 2 is 1.96 bits per heavy atom. The van der Waals surface area contributed by atoms with Crippen molar-refractivity contribution in [1.82, 2.24) is 15.0 Å². The number of hydrogen-bond acceptors (Lipinski definition) is 5. The summed E-state index contributed by atoms with van der Waals surface area (Å²) in [6.45, 7) is 2.68. The number of nitrogens with one attached hydrogen (secondary N) is 1. The van der Waals surface area contributed by atoms with Crippen LogP contribution in [-0.4, -0.2) is 46.9 Å². The summed E-state index contributed by atoms with van der Waals surface area (Å²) >= 11 is 0. The van der Waals surface area contributed by atoms with Gasteiger partial charge in [0.1, 0.15) is 23.5 Å². The highest BCUT2D eigenvalue weighted by atomic mass is 16.5. The minimum absolute atomic E-state index is 0.261. The average Bonchev–Trinajstić information content (AvgIpc) is 3.07. The van der Waals surface area contributed by atoms with Gasteiger partial charge < -0.3 is 19.7 Å². The van der Waals surface area contributed by atoms with Gasteiger partial charge in [0.15, 0.2) is 0 Å². The lowest BCUT2D eigenvalue weighted by molar-refractivity contribution is 0.0685. The lowest BCUT2D eigenvalue weighted by atomic mass is 10.00. The molecule has 0 atom stereocenters. The number of phenols is 1. The van der Waals surface area contributed by atoms with Crippen molar-refractivity contribution in [2.24, 2.45) is 5.92 Å². The van der Waals surface area contributed by atoms with Crippen LogP contribution in [0.1, 0.15) is 12.8 Å². The van der Waals surface area contributed by atoms with Crippen LogP contribution in [0.15, 0.2) is 36.7 Å². The van der Waals surface area contributed by atoms with Gasteiger partial charge in [-0.1, -0.05) is 0 Å². The van der Waals surface area contributed by atoms with Gasteiger partial charge in [-0.05, 0) is 54.7 Å². The molecule has 130 valence electrons. The minimum Gasteiger partial charge on any atom is -0.508 e. The normalized spacial score (nSPS) is 15.6. The fourth-order valence-electron chi connectivity index (χ4n) is 3.43. The predicted octanol–water partition coefficient (Wildman–Crippen LogP) is 3.19. The third-order valence-electron chi connectivity index (χ3n) is 4.82. The molecule has 3 aromatic rings. The molecular formula is C19H22N4O2. The summed E-state index contributed by atoms with van der Waals surface area (Å²) in [5, 5.41) is 10.5. The van der Waals surface area contributed by atoms with Crippen LogP contribution >= 0.6 is 0 Å². The van der Waals surface area contributed by atoms with Crippen molar-refractivity contribution in [1.29, 1.82) is 0 Å². The Bertz CT molecular complexity index is 853. The zero-order valence-corrected chi connectivity index (χ0v) is 14.3. The van der Waals surface area contributed by atoms with Gasteiger partial charge in [0, 0.05) is 32.5 Å². The Balaban J connectivity index is 1.63. The molecule has 1 aliphatic rings. The van der Waals surface area contributed by atoms with Crippen LogP contribution in [0.5, 0.6) is 5.75 Å². The van der Waals surface area contributed by atoms with Crippen molar-refractivity contribution in [3.05, 3.63) is 36.7 Å². The van der Waals surface area contributed by atoms with E-state index in [4.69, 9.17) is 4.74 Å². The first-order valence-corrected chi connectivity index (χ1v) is 8.63. The van der Waals surface area contributed by atoms with Gasteiger partial charge in [-0.15, -0.1) is 0 Å². The number of rotatable bonds is 4. The summed E-state index contributed by atoms with van der Waals surface area (Å²) in [5.74, 6) is 1.84. The third kappa shape index (κ3) is 3.30. The van der Waals surface area contributed by atoms with Crippen LogP contribution in [0.3, 0.4) is 0 Å². The van der Waals surface area contributed by atoms with Crippen LogP contribution in [0.2, 0.25) is 0 Å². The fourth-order valence-corrected chi connectivity index (χ4v) is 3.43. The fraction of sp³-hybridized carbons (Fsp3) is 0.368. The van der Waals surface area contributed by atoms with Crippen LogP contribution in [0.25, 0.3) is 22.3 Å². The van der Waals surface area contributed by atoms with E-state index in [0.717, 1.165) is 60.7 Å². The highest BCUT2D eigenvalue weighted by Gasteiger charge is 2.19. The van der Waals surface area contributed by atoms with E-state index in [-0.39, 0.29) is 5.75 Å². The Morgan fingerprint density at radius 3 is 2.72 bits per heavy atom. The molecule has 4 rings (SSSR count). The van der Waals surface area contributed by atoms with Gasteiger partial charge in [-0.25, -0.2) is 9.97 Å². The van der Waals surface area contributed by atoms with Crippen molar-refractivity contribution in [3.63, 3.8) is 0 Å². The summed E-state index contributed by atoms with van der Waals surface area (Å²) in [6, 6.07) is 9.23. The molecule has 3 heterocycles. The molecule has 25 heavy (non-hydrogen) atoms. The van der Waals surface area contributed by atoms with Gasteiger partial charge in [0.25, 0.3) is 0 Å². The number of ether oxygens (including phenoxy) is 1. The number of anilines is 1. The van der Waals surface area contributed by atoms with E-state index < -0.39 is 0 Å². The summed E-state index contributed by atoms with van der Waals surface area (Å²) < 4.78 is 5.45.